The molecular weight excluding hydrogens is 236 g/mol. The van der Waals surface area contributed by atoms with Gasteiger partial charge in [0.2, 0.25) is 8.32 Å². The Morgan fingerprint density at radius 2 is 1.56 bits per heavy atom. The molecular formula is C13H29ClOSi. The van der Waals surface area contributed by atoms with Crippen molar-refractivity contribution in [2.75, 3.05) is 5.50 Å². The maximum absolute atomic E-state index is 6.18. The predicted molar refractivity (Wildman–Crippen MR) is 76.7 cm³/mol. The molecule has 0 bridgehead atoms. The molecule has 0 aliphatic rings. The lowest BCUT2D eigenvalue weighted by Crippen LogP contribution is -2.37. The molecule has 0 aliphatic heterocycles. The molecule has 0 fully saturated rings. The van der Waals surface area contributed by atoms with Crippen LogP contribution in [0.2, 0.25) is 13.1 Å². The van der Waals surface area contributed by atoms with Gasteiger partial charge in [-0.15, -0.1) is 11.6 Å². The average Bonchev–Trinajstić information content (AvgIpc) is 2.28. The molecule has 3 heteroatoms. The Kier molecular flexibility index (Phi) is 8.79. The zero-order valence-electron chi connectivity index (χ0n) is 11.7. The fourth-order valence-electron chi connectivity index (χ4n) is 1.95. The molecule has 0 saturated carbocycles. The Morgan fingerprint density at radius 1 is 1.00 bits per heavy atom. The fraction of sp³-hybridized carbons (Fsp3) is 1.00. The summed E-state index contributed by atoms with van der Waals surface area (Å²) in [4.78, 5) is 0. The second kappa shape index (κ2) is 8.54. The van der Waals surface area contributed by atoms with Crippen LogP contribution in [0, 0.1) is 5.92 Å². The zero-order chi connectivity index (χ0) is 12.6. The molecule has 0 aromatic carbocycles. The van der Waals surface area contributed by atoms with E-state index in [9.17, 15) is 0 Å². The van der Waals surface area contributed by atoms with Gasteiger partial charge in [-0.05, 0) is 38.3 Å². The van der Waals surface area contributed by atoms with Crippen LogP contribution in [0.25, 0.3) is 0 Å². The highest BCUT2D eigenvalue weighted by Crippen LogP contribution is 2.21. The molecule has 98 valence electrons. The second-order valence-electron chi connectivity index (χ2n) is 5.30. The van der Waals surface area contributed by atoms with Gasteiger partial charge in [0.25, 0.3) is 0 Å². The van der Waals surface area contributed by atoms with Gasteiger partial charge >= 0.3 is 0 Å². The van der Waals surface area contributed by atoms with Crippen molar-refractivity contribution in [3.8, 4) is 0 Å². The molecule has 0 heterocycles. The molecule has 0 spiro atoms. The van der Waals surface area contributed by atoms with Crippen LogP contribution in [0.5, 0.6) is 0 Å². The summed E-state index contributed by atoms with van der Waals surface area (Å²) in [5.41, 5.74) is 0.703. The first kappa shape index (κ1) is 16.5. The van der Waals surface area contributed by atoms with Gasteiger partial charge in [-0.3, -0.25) is 0 Å². The van der Waals surface area contributed by atoms with Gasteiger partial charge < -0.3 is 4.43 Å². The van der Waals surface area contributed by atoms with Gasteiger partial charge in [-0.25, -0.2) is 0 Å². The highest BCUT2D eigenvalue weighted by atomic mass is 35.5. The summed E-state index contributed by atoms with van der Waals surface area (Å²) in [7, 11) is -1.59. The highest BCUT2D eigenvalue weighted by Gasteiger charge is 2.25. The summed E-state index contributed by atoms with van der Waals surface area (Å²) in [6.07, 6.45) is 6.65. The predicted octanol–water partition coefficient (Wildman–Crippen LogP) is 4.98. The van der Waals surface area contributed by atoms with E-state index in [1.165, 1.54) is 25.7 Å². The van der Waals surface area contributed by atoms with Gasteiger partial charge in [-0.1, -0.05) is 33.6 Å². The fourth-order valence-corrected chi connectivity index (χ4v) is 3.39. The van der Waals surface area contributed by atoms with Crippen molar-refractivity contribution in [3.63, 3.8) is 0 Å². The van der Waals surface area contributed by atoms with Crippen molar-refractivity contribution < 1.29 is 4.43 Å². The molecule has 0 radical (unpaired) electrons. The molecule has 0 aromatic heterocycles. The molecule has 0 saturated heterocycles. The third kappa shape index (κ3) is 6.92. The summed E-state index contributed by atoms with van der Waals surface area (Å²) in [6, 6.07) is 0. The summed E-state index contributed by atoms with van der Waals surface area (Å²) >= 11 is 5.95. The van der Waals surface area contributed by atoms with Gasteiger partial charge in [0.1, 0.15) is 0 Å². The third-order valence-corrected chi connectivity index (χ3v) is 6.86. The minimum absolute atomic E-state index is 0.431. The lowest BCUT2D eigenvalue weighted by molar-refractivity contribution is 0.166. The van der Waals surface area contributed by atoms with E-state index in [1.807, 2.05) is 0 Å². The molecule has 16 heavy (non-hydrogen) atoms. The Labute approximate surface area is 108 Å². The van der Waals surface area contributed by atoms with E-state index in [0.29, 0.717) is 11.6 Å². The van der Waals surface area contributed by atoms with E-state index in [-0.39, 0.29) is 0 Å². The number of hydrogen-bond acceptors (Lipinski definition) is 1. The Balaban J connectivity index is 4.01. The van der Waals surface area contributed by atoms with Crippen molar-refractivity contribution in [1.82, 2.24) is 0 Å². The minimum Gasteiger partial charge on any atom is -0.413 e. The molecule has 1 atom stereocenters. The van der Waals surface area contributed by atoms with Crippen LogP contribution < -0.4 is 0 Å². The normalized spacial score (nSPS) is 14.4. The third-order valence-electron chi connectivity index (χ3n) is 3.31. The van der Waals surface area contributed by atoms with E-state index >= 15 is 0 Å². The second-order valence-corrected chi connectivity index (χ2v) is 10.1. The van der Waals surface area contributed by atoms with E-state index in [1.54, 1.807) is 0 Å². The monoisotopic (exact) mass is 264 g/mol. The van der Waals surface area contributed by atoms with Crippen LogP contribution >= 0.6 is 11.6 Å². The van der Waals surface area contributed by atoms with Crippen molar-refractivity contribution in [2.45, 2.75) is 72.1 Å². The molecule has 1 unspecified atom stereocenters. The summed E-state index contributed by atoms with van der Waals surface area (Å²) in [5, 5.41) is 0. The first-order chi connectivity index (χ1) is 7.49. The van der Waals surface area contributed by atoms with Crippen LogP contribution in [0.4, 0.5) is 0 Å². The van der Waals surface area contributed by atoms with Crippen LogP contribution in [-0.2, 0) is 4.43 Å². The quantitative estimate of drug-likeness (QED) is 0.422. The smallest absolute Gasteiger partial charge is 0.201 e. The van der Waals surface area contributed by atoms with Gasteiger partial charge in [0.05, 0.1) is 0 Å². The maximum Gasteiger partial charge on any atom is 0.201 e. The maximum atomic E-state index is 6.18. The molecule has 0 rings (SSSR count). The molecule has 1 nitrogen and oxygen atoms in total. The van der Waals surface area contributed by atoms with Crippen LogP contribution in [-0.4, -0.2) is 19.9 Å². The summed E-state index contributed by atoms with van der Waals surface area (Å²) < 4.78 is 6.18. The topological polar surface area (TPSA) is 9.23 Å². The molecule has 0 amide bonds. The zero-order valence-corrected chi connectivity index (χ0v) is 13.4. The van der Waals surface area contributed by atoms with Crippen LogP contribution in [0.3, 0.4) is 0 Å². The van der Waals surface area contributed by atoms with Gasteiger partial charge in [0, 0.05) is 11.6 Å². The number of hydrogen-bond donors (Lipinski definition) is 0. The number of rotatable bonds is 9. The Morgan fingerprint density at radius 3 is 1.94 bits per heavy atom. The van der Waals surface area contributed by atoms with Gasteiger partial charge in [-0.2, -0.15) is 0 Å². The first-order valence-electron chi connectivity index (χ1n) is 6.72. The van der Waals surface area contributed by atoms with E-state index in [4.69, 9.17) is 16.0 Å². The van der Waals surface area contributed by atoms with Crippen LogP contribution in [0.1, 0.15) is 52.9 Å². The standard InChI is InChI=1S/C13H29ClOSi/c1-6-12(7-2)9-10-13(8-3)15-16(4,5)11-14/h12-13H,6-11H2,1-5H3. The molecule has 0 aliphatic carbocycles. The van der Waals surface area contributed by atoms with Crippen molar-refractivity contribution in [3.05, 3.63) is 0 Å². The highest BCUT2D eigenvalue weighted by molar-refractivity contribution is 6.77. The SMILES string of the molecule is CCC(CC)CCC(CC)O[Si](C)(C)CCl. The summed E-state index contributed by atoms with van der Waals surface area (Å²) in [5.74, 6) is 0.874. The molecule has 0 aromatic rings. The average molecular weight is 265 g/mol. The van der Waals surface area contributed by atoms with Crippen molar-refractivity contribution in [2.24, 2.45) is 5.92 Å². The Hall–Kier alpha value is 0.467. The van der Waals surface area contributed by atoms with E-state index in [2.05, 4.69) is 33.9 Å². The van der Waals surface area contributed by atoms with Crippen molar-refractivity contribution >= 4 is 19.9 Å². The van der Waals surface area contributed by atoms with E-state index < -0.39 is 8.32 Å². The summed E-state index contributed by atoms with van der Waals surface area (Å²) in [6.45, 7) is 11.2. The molecule has 0 N–H and O–H groups in total. The number of halogens is 1. The van der Waals surface area contributed by atoms with Crippen LogP contribution in [0.15, 0.2) is 0 Å². The Bertz CT molecular complexity index is 169. The van der Waals surface area contributed by atoms with E-state index in [0.717, 1.165) is 12.3 Å². The number of alkyl halides is 1. The van der Waals surface area contributed by atoms with Gasteiger partial charge in [0.15, 0.2) is 0 Å². The minimum atomic E-state index is -1.59. The lowest BCUT2D eigenvalue weighted by Gasteiger charge is -2.28. The largest absolute Gasteiger partial charge is 0.413 e. The van der Waals surface area contributed by atoms with Crippen molar-refractivity contribution in [1.29, 1.82) is 0 Å². The first-order valence-corrected chi connectivity index (χ1v) is 10.4. The lowest BCUT2D eigenvalue weighted by atomic mass is 9.95.